The number of aliphatic hydroxyl groups is 1. The number of fused-ring (bicyclic) bond motifs is 2. The third-order valence-corrected chi connectivity index (χ3v) is 5.42. The maximum Gasteiger partial charge on any atom is 0.261 e. The number of nitrogens with zero attached hydrogens (tertiary/aromatic N) is 3. The van der Waals surface area contributed by atoms with Crippen molar-refractivity contribution in [2.45, 2.75) is 32.2 Å². The van der Waals surface area contributed by atoms with Crippen LogP contribution in [0.5, 0.6) is 0 Å². The van der Waals surface area contributed by atoms with Crippen molar-refractivity contribution in [1.29, 1.82) is 0 Å². The van der Waals surface area contributed by atoms with Gasteiger partial charge in [-0.1, -0.05) is 29.8 Å². The summed E-state index contributed by atoms with van der Waals surface area (Å²) in [5.74, 6) is 0.225. The molecule has 3 aromatic rings. The Morgan fingerprint density at radius 2 is 1.93 bits per heavy atom. The summed E-state index contributed by atoms with van der Waals surface area (Å²) < 4.78 is 1.61. The van der Waals surface area contributed by atoms with Gasteiger partial charge in [-0.3, -0.25) is 14.2 Å². The lowest BCUT2D eigenvalue weighted by molar-refractivity contribution is -0.119. The second-order valence-corrected chi connectivity index (χ2v) is 7.30. The van der Waals surface area contributed by atoms with Crippen LogP contribution in [0.2, 0.25) is 0 Å². The Kier molecular flexibility index (Phi) is 4.73. The number of benzene rings is 2. The van der Waals surface area contributed by atoms with Gasteiger partial charge in [0.25, 0.3) is 5.56 Å². The highest BCUT2D eigenvalue weighted by molar-refractivity contribution is 6.04. The number of hydrogen-bond acceptors (Lipinski definition) is 4. The zero-order chi connectivity index (χ0) is 19.8. The Morgan fingerprint density at radius 3 is 2.71 bits per heavy atom. The Morgan fingerprint density at radius 1 is 1.14 bits per heavy atom. The average molecular weight is 377 g/mol. The van der Waals surface area contributed by atoms with Crippen molar-refractivity contribution in [3.63, 3.8) is 0 Å². The first-order chi connectivity index (χ1) is 13.5. The van der Waals surface area contributed by atoms with Crippen LogP contribution in [0.25, 0.3) is 10.9 Å². The number of aliphatic hydroxyl groups excluding tert-OH is 1. The van der Waals surface area contributed by atoms with Crippen LogP contribution in [0.1, 0.15) is 29.3 Å². The molecule has 0 spiro atoms. The largest absolute Gasteiger partial charge is 0.396 e. The zero-order valence-electron chi connectivity index (χ0n) is 16.1. The number of carbonyl (C=O) groups excluding carboxylic acids is 1. The fourth-order valence-corrected chi connectivity index (χ4v) is 3.95. The molecule has 2 heterocycles. The molecule has 1 amide bonds. The minimum atomic E-state index is -0.367. The van der Waals surface area contributed by atoms with E-state index in [9.17, 15) is 14.7 Å². The lowest BCUT2D eigenvalue weighted by Gasteiger charge is -2.16. The van der Waals surface area contributed by atoms with Crippen LogP contribution in [-0.2, 0) is 17.8 Å². The molecule has 28 heavy (non-hydrogen) atoms. The topological polar surface area (TPSA) is 75.4 Å². The summed E-state index contributed by atoms with van der Waals surface area (Å²) in [6.07, 6.45) is 0.812. The summed E-state index contributed by atoms with van der Waals surface area (Å²) in [7, 11) is 1.78. The van der Waals surface area contributed by atoms with Crippen molar-refractivity contribution < 1.29 is 9.90 Å². The Hall–Kier alpha value is -2.99. The summed E-state index contributed by atoms with van der Waals surface area (Å²) in [4.78, 5) is 32.3. The molecule has 1 aromatic heterocycles. The molecule has 0 aliphatic carbocycles. The van der Waals surface area contributed by atoms with Gasteiger partial charge in [-0.05, 0) is 37.1 Å². The number of rotatable bonds is 5. The van der Waals surface area contributed by atoms with E-state index in [0.717, 1.165) is 16.8 Å². The van der Waals surface area contributed by atoms with Crippen LogP contribution in [0, 0.1) is 6.92 Å². The normalized spacial score (nSPS) is 16.0. The van der Waals surface area contributed by atoms with Crippen molar-refractivity contribution in [2.24, 2.45) is 0 Å². The average Bonchev–Trinajstić information content (AvgIpc) is 2.92. The lowest BCUT2D eigenvalue weighted by atomic mass is 9.95. The Labute approximate surface area is 163 Å². The number of amides is 1. The van der Waals surface area contributed by atoms with Gasteiger partial charge in [0.15, 0.2) is 0 Å². The molecule has 0 saturated carbocycles. The number of anilines is 1. The predicted molar refractivity (Wildman–Crippen MR) is 109 cm³/mol. The van der Waals surface area contributed by atoms with Crippen LogP contribution < -0.4 is 10.5 Å². The summed E-state index contributed by atoms with van der Waals surface area (Å²) in [5.41, 5.74) is 3.48. The first-order valence-corrected chi connectivity index (χ1v) is 9.48. The maximum atomic E-state index is 13.0. The molecule has 1 N–H and O–H groups in total. The number of hydrogen-bond donors (Lipinski definition) is 1. The molecule has 0 bridgehead atoms. The first-order valence-electron chi connectivity index (χ1n) is 9.48. The zero-order valence-corrected chi connectivity index (χ0v) is 16.1. The molecule has 1 atom stereocenters. The van der Waals surface area contributed by atoms with Gasteiger partial charge in [0, 0.05) is 32.3 Å². The number of aromatic nitrogens is 2. The number of aryl methyl sites for hydroxylation is 1. The van der Waals surface area contributed by atoms with E-state index in [1.165, 1.54) is 0 Å². The Balaban J connectivity index is 1.83. The fraction of sp³-hybridized carbons (Fsp3) is 0.318. The predicted octanol–water partition coefficient (Wildman–Crippen LogP) is 2.39. The minimum Gasteiger partial charge on any atom is -0.396 e. The van der Waals surface area contributed by atoms with Crippen LogP contribution in [-0.4, -0.2) is 34.2 Å². The molecule has 1 aliphatic rings. The SMILES string of the molecule is Cc1ccc2c(c1)[C@H](Cc1nc3ccccc3c(=O)n1CCCO)C(=O)N2C. The highest BCUT2D eigenvalue weighted by Crippen LogP contribution is 2.38. The third-order valence-electron chi connectivity index (χ3n) is 5.42. The molecule has 2 aromatic carbocycles. The van der Waals surface area contributed by atoms with Crippen molar-refractivity contribution in [3.8, 4) is 0 Å². The summed E-state index contributed by atoms with van der Waals surface area (Å²) in [6.45, 7) is 2.37. The summed E-state index contributed by atoms with van der Waals surface area (Å²) >= 11 is 0. The third kappa shape index (κ3) is 2.99. The molecule has 0 saturated heterocycles. The molecular formula is C22H23N3O3. The van der Waals surface area contributed by atoms with E-state index in [-0.39, 0.29) is 24.0 Å². The maximum absolute atomic E-state index is 13.0. The van der Waals surface area contributed by atoms with E-state index in [2.05, 4.69) is 0 Å². The molecule has 1 aliphatic heterocycles. The highest BCUT2D eigenvalue weighted by Gasteiger charge is 2.36. The lowest BCUT2D eigenvalue weighted by Crippen LogP contribution is -2.30. The van der Waals surface area contributed by atoms with Gasteiger partial charge in [-0.15, -0.1) is 0 Å². The molecule has 0 radical (unpaired) electrons. The van der Waals surface area contributed by atoms with Crippen LogP contribution in [0.4, 0.5) is 5.69 Å². The van der Waals surface area contributed by atoms with Crippen LogP contribution in [0.3, 0.4) is 0 Å². The number of carbonyl (C=O) groups is 1. The fourth-order valence-electron chi connectivity index (χ4n) is 3.95. The monoisotopic (exact) mass is 377 g/mol. The van der Waals surface area contributed by atoms with Gasteiger partial charge < -0.3 is 10.0 Å². The van der Waals surface area contributed by atoms with Gasteiger partial charge in [-0.25, -0.2) is 4.98 Å². The molecule has 4 rings (SSSR count). The van der Waals surface area contributed by atoms with Gasteiger partial charge in [0.1, 0.15) is 5.82 Å². The van der Waals surface area contributed by atoms with E-state index < -0.39 is 0 Å². The van der Waals surface area contributed by atoms with E-state index in [0.29, 0.717) is 36.1 Å². The van der Waals surface area contributed by atoms with Gasteiger partial charge in [0.05, 0.1) is 16.8 Å². The summed E-state index contributed by atoms with van der Waals surface area (Å²) in [6, 6.07) is 13.2. The quantitative estimate of drug-likeness (QED) is 0.741. The molecular weight excluding hydrogens is 354 g/mol. The van der Waals surface area contributed by atoms with E-state index >= 15 is 0 Å². The molecule has 144 valence electrons. The van der Waals surface area contributed by atoms with E-state index in [4.69, 9.17) is 4.98 Å². The molecule has 6 heteroatoms. The standard InChI is InChI=1S/C22H23N3O3/c1-14-8-9-19-16(12-14)17(21(27)24(19)2)13-20-23-18-7-4-3-6-15(18)22(28)25(20)10-5-11-26/h3-4,6-9,12,17,26H,5,10-11,13H2,1-2H3/t17-/m0/s1. The van der Waals surface area contributed by atoms with Crippen molar-refractivity contribution in [1.82, 2.24) is 9.55 Å². The van der Waals surface area contributed by atoms with Crippen molar-refractivity contribution in [2.75, 3.05) is 18.6 Å². The second-order valence-electron chi connectivity index (χ2n) is 7.30. The smallest absolute Gasteiger partial charge is 0.261 e. The molecule has 0 unspecified atom stereocenters. The van der Waals surface area contributed by atoms with Crippen LogP contribution >= 0.6 is 0 Å². The Bertz CT molecular complexity index is 1120. The first kappa shape index (κ1) is 18.4. The van der Waals surface area contributed by atoms with Gasteiger partial charge in [0.2, 0.25) is 5.91 Å². The summed E-state index contributed by atoms with van der Waals surface area (Å²) in [5, 5.41) is 9.80. The second kappa shape index (κ2) is 7.20. The van der Waals surface area contributed by atoms with E-state index in [1.807, 2.05) is 43.3 Å². The number of likely N-dealkylation sites (N-methyl/N-ethyl adjacent to an activating group) is 1. The van der Waals surface area contributed by atoms with Crippen molar-refractivity contribution >= 4 is 22.5 Å². The highest BCUT2D eigenvalue weighted by atomic mass is 16.3. The number of para-hydroxylation sites is 1. The molecule has 6 nitrogen and oxygen atoms in total. The van der Waals surface area contributed by atoms with Gasteiger partial charge >= 0.3 is 0 Å². The van der Waals surface area contributed by atoms with Crippen LogP contribution in [0.15, 0.2) is 47.3 Å². The molecule has 0 fully saturated rings. The van der Waals surface area contributed by atoms with E-state index in [1.54, 1.807) is 22.6 Å². The van der Waals surface area contributed by atoms with Crippen molar-refractivity contribution in [3.05, 3.63) is 69.8 Å². The minimum absolute atomic E-state index is 0.00810. The van der Waals surface area contributed by atoms with Gasteiger partial charge in [-0.2, -0.15) is 0 Å².